The van der Waals surface area contributed by atoms with Crippen LogP contribution in [-0.4, -0.2) is 62.1 Å². The summed E-state index contributed by atoms with van der Waals surface area (Å²) in [6, 6.07) is 15.4. The highest BCUT2D eigenvalue weighted by Crippen LogP contribution is 2.17. The molecule has 0 bridgehead atoms. The maximum Gasteiger partial charge on any atom is 0.253 e. The molecule has 1 aliphatic rings. The van der Waals surface area contributed by atoms with Gasteiger partial charge in [0, 0.05) is 38.3 Å². The van der Waals surface area contributed by atoms with Crippen molar-refractivity contribution in [3.8, 4) is 11.5 Å². The summed E-state index contributed by atoms with van der Waals surface area (Å²) in [5.41, 5.74) is 1.87. The first-order valence-corrected chi connectivity index (χ1v) is 9.01. The molecule has 0 aromatic heterocycles. The van der Waals surface area contributed by atoms with E-state index in [1.165, 1.54) is 0 Å². The number of rotatable bonds is 6. The Kier molecular flexibility index (Phi) is 6.12. The number of para-hydroxylation sites is 1. The molecule has 26 heavy (non-hydrogen) atoms. The molecule has 2 aromatic carbocycles. The van der Waals surface area contributed by atoms with Gasteiger partial charge in [-0.3, -0.25) is 9.69 Å². The molecular formula is C21H26N2O3. The van der Waals surface area contributed by atoms with Gasteiger partial charge in [0.15, 0.2) is 0 Å². The summed E-state index contributed by atoms with van der Waals surface area (Å²) in [5, 5.41) is 0. The summed E-state index contributed by atoms with van der Waals surface area (Å²) in [4.78, 5) is 16.8. The molecule has 138 valence electrons. The van der Waals surface area contributed by atoms with Crippen LogP contribution < -0.4 is 9.47 Å². The predicted molar refractivity (Wildman–Crippen MR) is 102 cm³/mol. The first-order valence-electron chi connectivity index (χ1n) is 9.01. The molecule has 1 saturated heterocycles. The maximum absolute atomic E-state index is 12.6. The average molecular weight is 354 g/mol. The number of piperazine rings is 1. The monoisotopic (exact) mass is 354 g/mol. The number of hydrogen-bond acceptors (Lipinski definition) is 4. The van der Waals surface area contributed by atoms with E-state index in [9.17, 15) is 4.79 Å². The van der Waals surface area contributed by atoms with Crippen molar-refractivity contribution < 1.29 is 14.3 Å². The van der Waals surface area contributed by atoms with E-state index in [4.69, 9.17) is 9.47 Å². The number of carbonyl (C=O) groups excluding carboxylic acids is 1. The van der Waals surface area contributed by atoms with Crippen molar-refractivity contribution in [2.75, 3.05) is 46.4 Å². The molecule has 1 aliphatic heterocycles. The first-order chi connectivity index (χ1) is 12.7. The molecule has 1 amide bonds. The van der Waals surface area contributed by atoms with E-state index in [-0.39, 0.29) is 5.91 Å². The van der Waals surface area contributed by atoms with Crippen LogP contribution in [0.5, 0.6) is 11.5 Å². The van der Waals surface area contributed by atoms with Crippen LogP contribution in [0.1, 0.15) is 15.9 Å². The third-order valence-corrected chi connectivity index (χ3v) is 4.76. The van der Waals surface area contributed by atoms with Crippen molar-refractivity contribution in [2.45, 2.75) is 6.92 Å². The summed E-state index contributed by atoms with van der Waals surface area (Å²) in [6.07, 6.45) is 0. The van der Waals surface area contributed by atoms with Crippen LogP contribution in [0, 0.1) is 6.92 Å². The zero-order valence-corrected chi connectivity index (χ0v) is 15.5. The van der Waals surface area contributed by atoms with Crippen LogP contribution in [0.15, 0.2) is 48.5 Å². The summed E-state index contributed by atoms with van der Waals surface area (Å²) >= 11 is 0. The number of amides is 1. The molecule has 1 heterocycles. The Balaban J connectivity index is 1.43. The Bertz CT molecular complexity index is 722. The Morgan fingerprint density at radius 3 is 2.35 bits per heavy atom. The smallest absolute Gasteiger partial charge is 0.253 e. The van der Waals surface area contributed by atoms with Gasteiger partial charge in [0.25, 0.3) is 5.91 Å². The lowest BCUT2D eigenvalue weighted by Gasteiger charge is -2.34. The van der Waals surface area contributed by atoms with Gasteiger partial charge in [-0.1, -0.05) is 18.2 Å². The summed E-state index contributed by atoms with van der Waals surface area (Å²) in [6.45, 7) is 6.83. The van der Waals surface area contributed by atoms with Gasteiger partial charge in [-0.25, -0.2) is 0 Å². The second-order valence-corrected chi connectivity index (χ2v) is 6.48. The first kappa shape index (κ1) is 18.3. The lowest BCUT2D eigenvalue weighted by Crippen LogP contribution is -2.49. The number of nitrogens with zero attached hydrogens (tertiary/aromatic N) is 2. The third-order valence-electron chi connectivity index (χ3n) is 4.76. The largest absolute Gasteiger partial charge is 0.497 e. The fraction of sp³-hybridized carbons (Fsp3) is 0.381. The van der Waals surface area contributed by atoms with Crippen molar-refractivity contribution in [3.63, 3.8) is 0 Å². The van der Waals surface area contributed by atoms with Crippen LogP contribution in [0.25, 0.3) is 0 Å². The van der Waals surface area contributed by atoms with Gasteiger partial charge in [0.2, 0.25) is 0 Å². The van der Waals surface area contributed by atoms with Gasteiger partial charge in [0.05, 0.1) is 7.11 Å². The highest BCUT2D eigenvalue weighted by molar-refractivity contribution is 5.94. The predicted octanol–water partition coefficient (Wildman–Crippen LogP) is 2.84. The van der Waals surface area contributed by atoms with E-state index >= 15 is 0 Å². The van der Waals surface area contributed by atoms with Crippen molar-refractivity contribution in [3.05, 3.63) is 59.7 Å². The fourth-order valence-corrected chi connectivity index (χ4v) is 3.09. The Morgan fingerprint density at radius 2 is 1.69 bits per heavy atom. The van der Waals surface area contributed by atoms with E-state index in [1.54, 1.807) is 7.11 Å². The van der Waals surface area contributed by atoms with Crippen LogP contribution >= 0.6 is 0 Å². The number of aryl methyl sites for hydroxylation is 1. The third kappa shape index (κ3) is 4.55. The van der Waals surface area contributed by atoms with Crippen LogP contribution in [-0.2, 0) is 0 Å². The molecule has 5 nitrogen and oxygen atoms in total. The number of ether oxygens (including phenoxy) is 2. The zero-order valence-electron chi connectivity index (χ0n) is 15.5. The lowest BCUT2D eigenvalue weighted by atomic mass is 10.1. The van der Waals surface area contributed by atoms with Gasteiger partial charge in [-0.2, -0.15) is 0 Å². The Labute approximate surface area is 155 Å². The SMILES string of the molecule is COc1ccc(C(=O)N2CCN(CCOc3ccccc3C)CC2)cc1. The molecule has 1 fully saturated rings. The highest BCUT2D eigenvalue weighted by atomic mass is 16.5. The van der Waals surface area contributed by atoms with E-state index in [0.717, 1.165) is 49.8 Å². The van der Waals surface area contributed by atoms with E-state index < -0.39 is 0 Å². The van der Waals surface area contributed by atoms with Crippen LogP contribution in [0.2, 0.25) is 0 Å². The minimum absolute atomic E-state index is 0.0865. The Hall–Kier alpha value is -2.53. The van der Waals surface area contributed by atoms with Gasteiger partial charge in [-0.05, 0) is 42.8 Å². The topological polar surface area (TPSA) is 42.0 Å². The van der Waals surface area contributed by atoms with Crippen molar-refractivity contribution >= 4 is 5.91 Å². The quantitative estimate of drug-likeness (QED) is 0.800. The standard InChI is InChI=1S/C21H26N2O3/c1-17-5-3-4-6-20(17)26-16-15-22-11-13-23(14-12-22)21(24)18-7-9-19(25-2)10-8-18/h3-10H,11-16H2,1-2H3. The molecule has 5 heteroatoms. The second kappa shape index (κ2) is 8.72. The molecule has 2 aromatic rings. The molecule has 0 aliphatic carbocycles. The second-order valence-electron chi connectivity index (χ2n) is 6.48. The van der Waals surface area contributed by atoms with E-state index in [2.05, 4.69) is 17.9 Å². The zero-order chi connectivity index (χ0) is 18.4. The number of carbonyl (C=O) groups is 1. The normalized spacial score (nSPS) is 14.9. The minimum atomic E-state index is 0.0865. The average Bonchev–Trinajstić information content (AvgIpc) is 2.69. The van der Waals surface area contributed by atoms with Crippen LogP contribution in [0.3, 0.4) is 0 Å². The fourth-order valence-electron chi connectivity index (χ4n) is 3.09. The molecular weight excluding hydrogens is 328 g/mol. The molecule has 3 rings (SSSR count). The molecule has 0 unspecified atom stereocenters. The molecule has 0 N–H and O–H groups in total. The Morgan fingerprint density at radius 1 is 1.00 bits per heavy atom. The number of hydrogen-bond donors (Lipinski definition) is 0. The van der Waals surface area contributed by atoms with E-state index in [0.29, 0.717) is 12.2 Å². The molecule has 0 radical (unpaired) electrons. The summed E-state index contributed by atoms with van der Waals surface area (Å²) in [7, 11) is 1.62. The maximum atomic E-state index is 12.6. The van der Waals surface area contributed by atoms with Crippen LogP contribution in [0.4, 0.5) is 0 Å². The minimum Gasteiger partial charge on any atom is -0.497 e. The van der Waals surface area contributed by atoms with Gasteiger partial charge in [-0.15, -0.1) is 0 Å². The van der Waals surface area contributed by atoms with Crippen molar-refractivity contribution in [1.82, 2.24) is 9.80 Å². The number of methoxy groups -OCH3 is 1. The molecule has 0 atom stereocenters. The van der Waals surface area contributed by atoms with Gasteiger partial charge >= 0.3 is 0 Å². The summed E-state index contributed by atoms with van der Waals surface area (Å²) < 4.78 is 11.0. The van der Waals surface area contributed by atoms with Gasteiger partial charge in [0.1, 0.15) is 18.1 Å². The van der Waals surface area contributed by atoms with E-state index in [1.807, 2.05) is 47.4 Å². The van der Waals surface area contributed by atoms with Crippen molar-refractivity contribution in [1.29, 1.82) is 0 Å². The molecule has 0 spiro atoms. The highest BCUT2D eigenvalue weighted by Gasteiger charge is 2.22. The number of benzene rings is 2. The van der Waals surface area contributed by atoms with Crippen molar-refractivity contribution in [2.24, 2.45) is 0 Å². The molecule has 0 saturated carbocycles. The summed E-state index contributed by atoms with van der Waals surface area (Å²) in [5.74, 6) is 1.80. The lowest BCUT2D eigenvalue weighted by molar-refractivity contribution is 0.0620. The van der Waals surface area contributed by atoms with Gasteiger partial charge < -0.3 is 14.4 Å².